The molecular formula is C26H28N2O3. The summed E-state index contributed by atoms with van der Waals surface area (Å²) in [7, 11) is 0. The highest BCUT2D eigenvalue weighted by molar-refractivity contribution is 6.04. The van der Waals surface area contributed by atoms with Crippen molar-refractivity contribution in [3.8, 4) is 5.75 Å². The van der Waals surface area contributed by atoms with E-state index in [2.05, 4.69) is 10.6 Å². The second kappa shape index (κ2) is 10.4. The molecule has 0 aliphatic heterocycles. The Labute approximate surface area is 183 Å². The van der Waals surface area contributed by atoms with Crippen LogP contribution in [0.15, 0.2) is 72.8 Å². The third-order valence-corrected chi connectivity index (χ3v) is 5.00. The number of carbonyl (C=O) groups excluding carboxylic acids is 2. The Kier molecular flexibility index (Phi) is 7.44. The molecule has 0 spiro atoms. The first kappa shape index (κ1) is 22.1. The Bertz CT molecular complexity index is 1050. The van der Waals surface area contributed by atoms with Gasteiger partial charge in [-0.3, -0.25) is 9.59 Å². The van der Waals surface area contributed by atoms with Crippen molar-refractivity contribution < 1.29 is 14.3 Å². The molecule has 3 aromatic rings. The fourth-order valence-electron chi connectivity index (χ4n) is 3.19. The minimum Gasteiger partial charge on any atom is -0.480 e. The van der Waals surface area contributed by atoms with Crippen molar-refractivity contribution >= 4 is 17.5 Å². The molecule has 2 amide bonds. The van der Waals surface area contributed by atoms with Crippen LogP contribution in [0.3, 0.4) is 0 Å². The summed E-state index contributed by atoms with van der Waals surface area (Å²) in [6.07, 6.45) is -0.164. The maximum absolute atomic E-state index is 12.9. The number of hydrogen-bond acceptors (Lipinski definition) is 3. The van der Waals surface area contributed by atoms with Gasteiger partial charge in [0, 0.05) is 6.54 Å². The molecule has 0 aromatic heterocycles. The summed E-state index contributed by atoms with van der Waals surface area (Å²) in [5, 5.41) is 5.77. The highest BCUT2D eigenvalue weighted by Gasteiger charge is 2.21. The summed E-state index contributed by atoms with van der Waals surface area (Å²) < 4.78 is 6.00. The van der Waals surface area contributed by atoms with E-state index in [-0.39, 0.29) is 11.8 Å². The van der Waals surface area contributed by atoms with E-state index in [0.29, 0.717) is 30.0 Å². The zero-order valence-electron chi connectivity index (χ0n) is 18.1. The normalized spacial score (nSPS) is 11.5. The van der Waals surface area contributed by atoms with Crippen LogP contribution in [0.1, 0.15) is 40.4 Å². The molecule has 0 aliphatic carbocycles. The molecule has 0 unspecified atom stereocenters. The van der Waals surface area contributed by atoms with Crippen LogP contribution < -0.4 is 15.4 Å². The van der Waals surface area contributed by atoms with E-state index in [1.54, 1.807) is 24.3 Å². The van der Waals surface area contributed by atoms with Crippen LogP contribution in [0.25, 0.3) is 0 Å². The van der Waals surface area contributed by atoms with Crippen LogP contribution in [-0.4, -0.2) is 17.9 Å². The number of benzene rings is 3. The van der Waals surface area contributed by atoms with Gasteiger partial charge in [0.05, 0.1) is 11.3 Å². The van der Waals surface area contributed by atoms with Crippen LogP contribution in [0.2, 0.25) is 0 Å². The van der Waals surface area contributed by atoms with Gasteiger partial charge >= 0.3 is 0 Å². The van der Waals surface area contributed by atoms with Gasteiger partial charge in [-0.2, -0.15) is 0 Å². The first-order chi connectivity index (χ1) is 15.0. The van der Waals surface area contributed by atoms with Gasteiger partial charge in [0.15, 0.2) is 6.10 Å². The molecule has 31 heavy (non-hydrogen) atoms. The average Bonchev–Trinajstić information content (AvgIpc) is 2.79. The first-order valence-electron chi connectivity index (χ1n) is 10.4. The zero-order chi connectivity index (χ0) is 22.2. The maximum Gasteiger partial charge on any atom is 0.265 e. The summed E-state index contributed by atoms with van der Waals surface area (Å²) in [6, 6.07) is 22.6. The molecule has 160 valence electrons. The molecule has 0 heterocycles. The average molecular weight is 417 g/mol. The van der Waals surface area contributed by atoms with Crippen molar-refractivity contribution in [3.05, 3.63) is 95.1 Å². The summed E-state index contributed by atoms with van der Waals surface area (Å²) in [5.41, 5.74) is 3.91. The summed E-state index contributed by atoms with van der Waals surface area (Å²) in [6.45, 7) is 6.24. The van der Waals surface area contributed by atoms with Crippen LogP contribution >= 0.6 is 0 Å². The van der Waals surface area contributed by atoms with Crippen molar-refractivity contribution in [2.75, 3.05) is 5.32 Å². The van der Waals surface area contributed by atoms with Gasteiger partial charge in [0.1, 0.15) is 5.75 Å². The van der Waals surface area contributed by atoms with Crippen LogP contribution in [-0.2, 0) is 11.3 Å². The molecular weight excluding hydrogens is 388 g/mol. The summed E-state index contributed by atoms with van der Waals surface area (Å²) >= 11 is 0. The fourth-order valence-corrected chi connectivity index (χ4v) is 3.19. The summed E-state index contributed by atoms with van der Waals surface area (Å²) in [5.74, 6) is 0.158. The molecule has 1 atom stereocenters. The van der Waals surface area contributed by atoms with Gasteiger partial charge in [0.25, 0.3) is 11.8 Å². The molecule has 0 fully saturated rings. The van der Waals surface area contributed by atoms with Gasteiger partial charge < -0.3 is 15.4 Å². The third kappa shape index (κ3) is 5.95. The lowest BCUT2D eigenvalue weighted by atomic mass is 10.1. The monoisotopic (exact) mass is 416 g/mol. The van der Waals surface area contributed by atoms with Crippen LogP contribution in [0.5, 0.6) is 5.75 Å². The van der Waals surface area contributed by atoms with E-state index < -0.39 is 6.10 Å². The zero-order valence-corrected chi connectivity index (χ0v) is 18.1. The van der Waals surface area contributed by atoms with E-state index in [4.69, 9.17) is 4.74 Å². The van der Waals surface area contributed by atoms with Crippen LogP contribution in [0.4, 0.5) is 5.69 Å². The van der Waals surface area contributed by atoms with E-state index in [1.165, 1.54) is 0 Å². The number of anilines is 1. The quantitative estimate of drug-likeness (QED) is 0.541. The van der Waals surface area contributed by atoms with Gasteiger partial charge in [-0.15, -0.1) is 0 Å². The van der Waals surface area contributed by atoms with Crippen molar-refractivity contribution in [2.24, 2.45) is 0 Å². The predicted molar refractivity (Wildman–Crippen MR) is 123 cm³/mol. The molecule has 5 nitrogen and oxygen atoms in total. The van der Waals surface area contributed by atoms with Crippen molar-refractivity contribution in [2.45, 2.75) is 39.8 Å². The number of ether oxygens (including phenoxy) is 1. The highest BCUT2D eigenvalue weighted by atomic mass is 16.5. The maximum atomic E-state index is 12.9. The lowest BCUT2D eigenvalue weighted by molar-refractivity contribution is -0.122. The number of amides is 2. The Morgan fingerprint density at radius 1 is 0.935 bits per heavy atom. The Morgan fingerprint density at radius 2 is 1.65 bits per heavy atom. The Morgan fingerprint density at radius 3 is 2.39 bits per heavy atom. The van der Waals surface area contributed by atoms with Gasteiger partial charge in [-0.25, -0.2) is 0 Å². The lowest BCUT2D eigenvalue weighted by Crippen LogP contribution is -2.33. The SMILES string of the molecule is CC[C@@H](Oc1cc(C)ccc1C)C(=O)Nc1ccccc1C(=O)NCc1ccccc1. The standard InChI is InChI=1S/C26H28N2O3/c1-4-23(31-24-16-18(2)14-15-19(24)3)26(30)28-22-13-9-8-12-21(22)25(29)27-17-20-10-6-5-7-11-20/h5-16,23H,4,17H2,1-3H3,(H,27,29)(H,28,30)/t23-/m1/s1. The second-order valence-electron chi connectivity index (χ2n) is 7.49. The fraction of sp³-hybridized carbons (Fsp3) is 0.231. The topological polar surface area (TPSA) is 67.4 Å². The number of hydrogen-bond donors (Lipinski definition) is 2. The minimum atomic E-state index is -0.666. The van der Waals surface area contributed by atoms with Crippen LogP contribution in [0, 0.1) is 13.8 Å². The Hall–Kier alpha value is -3.60. The number of nitrogens with one attached hydrogen (secondary N) is 2. The minimum absolute atomic E-state index is 0.247. The second-order valence-corrected chi connectivity index (χ2v) is 7.49. The van der Waals surface area contributed by atoms with Crippen molar-refractivity contribution in [1.29, 1.82) is 0 Å². The molecule has 3 rings (SSSR count). The number of aryl methyl sites for hydroxylation is 2. The Balaban J connectivity index is 1.70. The van der Waals surface area contributed by atoms with Gasteiger partial charge in [-0.05, 0) is 55.2 Å². The third-order valence-electron chi connectivity index (χ3n) is 5.00. The van der Waals surface area contributed by atoms with E-state index in [9.17, 15) is 9.59 Å². The van der Waals surface area contributed by atoms with Gasteiger partial charge in [-0.1, -0.05) is 61.5 Å². The first-order valence-corrected chi connectivity index (χ1v) is 10.4. The summed E-state index contributed by atoms with van der Waals surface area (Å²) in [4.78, 5) is 25.7. The number of carbonyl (C=O) groups is 2. The van der Waals surface area contributed by atoms with Crippen molar-refractivity contribution in [3.63, 3.8) is 0 Å². The van der Waals surface area contributed by atoms with Crippen molar-refractivity contribution in [1.82, 2.24) is 5.32 Å². The smallest absolute Gasteiger partial charge is 0.265 e. The van der Waals surface area contributed by atoms with Gasteiger partial charge in [0.2, 0.25) is 0 Å². The molecule has 5 heteroatoms. The number of para-hydroxylation sites is 1. The van der Waals surface area contributed by atoms with E-state index in [1.807, 2.05) is 69.3 Å². The molecule has 3 aromatic carbocycles. The van der Waals surface area contributed by atoms with E-state index in [0.717, 1.165) is 16.7 Å². The highest BCUT2D eigenvalue weighted by Crippen LogP contribution is 2.22. The predicted octanol–water partition coefficient (Wildman–Crippen LogP) is 5.03. The number of rotatable bonds is 8. The molecule has 2 N–H and O–H groups in total. The molecule has 0 bridgehead atoms. The lowest BCUT2D eigenvalue weighted by Gasteiger charge is -2.20. The molecule has 0 aliphatic rings. The largest absolute Gasteiger partial charge is 0.480 e. The molecule has 0 radical (unpaired) electrons. The molecule has 0 saturated heterocycles. The molecule has 0 saturated carbocycles. The van der Waals surface area contributed by atoms with E-state index >= 15 is 0 Å².